The van der Waals surface area contributed by atoms with E-state index in [1.54, 1.807) is 37.3 Å². The number of nitrogens with zero attached hydrogens (tertiary/aromatic N) is 2. The van der Waals surface area contributed by atoms with E-state index in [1.807, 2.05) is 6.07 Å². The van der Waals surface area contributed by atoms with Gasteiger partial charge in [0.15, 0.2) is 11.5 Å². The highest BCUT2D eigenvalue weighted by Gasteiger charge is 2.35. The number of sulfonamides is 1. The van der Waals surface area contributed by atoms with E-state index in [1.165, 1.54) is 64.7 Å². The Morgan fingerprint density at radius 3 is 2.09 bits per heavy atom. The second-order valence-electron chi connectivity index (χ2n) is 11.1. The Balaban J connectivity index is 1.80. The summed E-state index contributed by atoms with van der Waals surface area (Å²) in [5, 5.41) is 3.07. The molecule has 13 heteroatoms. The van der Waals surface area contributed by atoms with Crippen molar-refractivity contribution in [3.63, 3.8) is 0 Å². The van der Waals surface area contributed by atoms with Crippen LogP contribution in [0.4, 0.5) is 5.69 Å². The normalized spacial score (nSPS) is 13.7. The maximum atomic E-state index is 14.5. The topological polar surface area (TPSA) is 133 Å². The van der Waals surface area contributed by atoms with Gasteiger partial charge in [-0.25, -0.2) is 8.42 Å². The molecule has 1 aliphatic rings. The van der Waals surface area contributed by atoms with Crippen molar-refractivity contribution in [3.8, 4) is 28.7 Å². The molecule has 254 valence electrons. The molecule has 12 nitrogen and oxygen atoms in total. The average molecular weight is 670 g/mol. The van der Waals surface area contributed by atoms with Gasteiger partial charge in [-0.3, -0.25) is 13.9 Å². The first-order chi connectivity index (χ1) is 22.6. The van der Waals surface area contributed by atoms with E-state index >= 15 is 0 Å². The molecule has 0 aliphatic heterocycles. The molecule has 47 heavy (non-hydrogen) atoms. The Morgan fingerprint density at radius 1 is 0.809 bits per heavy atom. The molecule has 1 fully saturated rings. The number of amides is 2. The van der Waals surface area contributed by atoms with Crippen molar-refractivity contribution in [2.75, 3.05) is 46.4 Å². The fraction of sp³-hybridized carbons (Fsp3) is 0.412. The van der Waals surface area contributed by atoms with Crippen LogP contribution in [0.15, 0.2) is 65.6 Å². The standard InChI is InChI=1S/C34H43N3O9S/c1-23(34(39)35-25-11-7-8-12-25)36(21-24-10-9-13-26(18-24)42-2)33(38)22-37(29-19-27(43-3)14-16-30(29)44-4)47(40,41)28-15-17-31(45-5)32(20-28)46-6/h9-10,13-20,23,25H,7-8,11-12,21-22H2,1-6H3,(H,35,39)/t23-/m1/s1. The molecule has 1 aliphatic carbocycles. The molecule has 0 radical (unpaired) electrons. The van der Waals surface area contributed by atoms with Crippen LogP contribution in [-0.2, 0) is 26.2 Å². The van der Waals surface area contributed by atoms with Crippen molar-refractivity contribution in [1.29, 1.82) is 0 Å². The average Bonchev–Trinajstić information content (AvgIpc) is 3.61. The lowest BCUT2D eigenvalue weighted by Gasteiger charge is -2.33. The molecule has 1 saturated carbocycles. The molecule has 0 unspecified atom stereocenters. The van der Waals surface area contributed by atoms with Crippen LogP contribution >= 0.6 is 0 Å². The van der Waals surface area contributed by atoms with Crippen molar-refractivity contribution < 1.29 is 41.7 Å². The third-order valence-corrected chi connectivity index (χ3v) is 9.99. The van der Waals surface area contributed by atoms with Gasteiger partial charge < -0.3 is 33.9 Å². The quantitative estimate of drug-likeness (QED) is 0.250. The predicted molar refractivity (Wildman–Crippen MR) is 177 cm³/mol. The lowest BCUT2D eigenvalue weighted by atomic mass is 10.1. The van der Waals surface area contributed by atoms with Gasteiger partial charge in [0, 0.05) is 24.7 Å². The summed E-state index contributed by atoms with van der Waals surface area (Å²) in [5.41, 5.74) is 0.769. The lowest BCUT2D eigenvalue weighted by Crippen LogP contribution is -2.52. The Kier molecular flexibility index (Phi) is 11.8. The number of methoxy groups -OCH3 is 5. The van der Waals surface area contributed by atoms with Gasteiger partial charge >= 0.3 is 0 Å². The second kappa shape index (κ2) is 15.8. The molecule has 3 aromatic carbocycles. The molecule has 1 atom stereocenters. The molecule has 0 bridgehead atoms. The van der Waals surface area contributed by atoms with Gasteiger partial charge in [0.2, 0.25) is 11.8 Å². The summed E-state index contributed by atoms with van der Waals surface area (Å²) in [7, 11) is 2.78. The summed E-state index contributed by atoms with van der Waals surface area (Å²) >= 11 is 0. The highest BCUT2D eigenvalue weighted by atomic mass is 32.2. The zero-order valence-electron chi connectivity index (χ0n) is 27.6. The maximum absolute atomic E-state index is 14.5. The molecule has 2 amide bonds. The Morgan fingerprint density at radius 2 is 1.45 bits per heavy atom. The van der Waals surface area contributed by atoms with Crippen LogP contribution in [0.5, 0.6) is 28.7 Å². The molecule has 4 rings (SSSR count). The number of ether oxygens (including phenoxy) is 5. The van der Waals surface area contributed by atoms with Crippen molar-refractivity contribution in [1.82, 2.24) is 10.2 Å². The van der Waals surface area contributed by atoms with Crippen molar-refractivity contribution in [2.24, 2.45) is 0 Å². The number of nitrogens with one attached hydrogen (secondary N) is 1. The fourth-order valence-corrected chi connectivity index (χ4v) is 6.98. The van der Waals surface area contributed by atoms with Crippen molar-refractivity contribution >= 4 is 27.5 Å². The van der Waals surface area contributed by atoms with Gasteiger partial charge in [0.25, 0.3) is 10.0 Å². The first kappa shape index (κ1) is 35.2. The van der Waals surface area contributed by atoms with E-state index in [9.17, 15) is 18.0 Å². The van der Waals surface area contributed by atoms with Crippen LogP contribution in [0.25, 0.3) is 0 Å². The highest BCUT2D eigenvalue weighted by Crippen LogP contribution is 2.38. The summed E-state index contributed by atoms with van der Waals surface area (Å²) in [6, 6.07) is 15.1. The largest absolute Gasteiger partial charge is 0.497 e. The Hall–Kier alpha value is -4.65. The number of hydrogen-bond acceptors (Lipinski definition) is 9. The number of carbonyl (C=O) groups is 2. The van der Waals surface area contributed by atoms with Crippen LogP contribution in [0.2, 0.25) is 0 Å². The SMILES string of the molecule is COc1cccc(CN(C(=O)CN(c2cc(OC)ccc2OC)S(=O)(=O)c2ccc(OC)c(OC)c2)[C@H](C)C(=O)NC2CCCC2)c1. The first-order valence-electron chi connectivity index (χ1n) is 15.3. The monoisotopic (exact) mass is 669 g/mol. The van der Waals surface area contributed by atoms with E-state index in [0.717, 1.165) is 30.0 Å². The zero-order chi connectivity index (χ0) is 34.1. The highest BCUT2D eigenvalue weighted by molar-refractivity contribution is 7.92. The summed E-state index contributed by atoms with van der Waals surface area (Å²) < 4.78 is 56.9. The van der Waals surface area contributed by atoms with Crippen molar-refractivity contribution in [2.45, 2.75) is 56.1 Å². The minimum Gasteiger partial charge on any atom is -0.497 e. The smallest absolute Gasteiger partial charge is 0.265 e. The number of carbonyl (C=O) groups excluding carboxylic acids is 2. The molecular formula is C34H43N3O9S. The summed E-state index contributed by atoms with van der Waals surface area (Å²) in [6.07, 6.45) is 3.79. The molecule has 0 spiro atoms. The molecule has 0 heterocycles. The third-order valence-electron chi connectivity index (χ3n) is 8.23. The van der Waals surface area contributed by atoms with Crippen LogP contribution in [0.3, 0.4) is 0 Å². The summed E-state index contributed by atoms with van der Waals surface area (Å²) in [5.74, 6) is 0.704. The number of anilines is 1. The van der Waals surface area contributed by atoms with E-state index in [2.05, 4.69) is 5.32 Å². The van der Waals surface area contributed by atoms with Gasteiger partial charge in [0.1, 0.15) is 29.8 Å². The molecule has 0 saturated heterocycles. The van der Waals surface area contributed by atoms with Gasteiger partial charge in [-0.05, 0) is 61.7 Å². The third kappa shape index (κ3) is 8.20. The summed E-state index contributed by atoms with van der Waals surface area (Å²) in [6.45, 7) is 1.00. The minimum atomic E-state index is -4.45. The van der Waals surface area contributed by atoms with E-state index < -0.39 is 28.5 Å². The minimum absolute atomic E-state index is 0.0226. The van der Waals surface area contributed by atoms with Crippen LogP contribution in [0.1, 0.15) is 38.2 Å². The Bertz CT molecular complexity index is 1660. The molecule has 1 N–H and O–H groups in total. The number of benzene rings is 3. The van der Waals surface area contributed by atoms with Gasteiger partial charge in [-0.15, -0.1) is 0 Å². The van der Waals surface area contributed by atoms with Crippen LogP contribution < -0.4 is 33.3 Å². The maximum Gasteiger partial charge on any atom is 0.265 e. The van der Waals surface area contributed by atoms with Gasteiger partial charge in [0.05, 0.1) is 46.1 Å². The molecule has 3 aromatic rings. The molecular weight excluding hydrogens is 626 g/mol. The van der Waals surface area contributed by atoms with Crippen molar-refractivity contribution in [3.05, 3.63) is 66.2 Å². The van der Waals surface area contributed by atoms with Crippen LogP contribution in [-0.4, -0.2) is 79.3 Å². The van der Waals surface area contributed by atoms with Crippen LogP contribution in [0, 0.1) is 0 Å². The van der Waals surface area contributed by atoms with E-state index in [4.69, 9.17) is 23.7 Å². The lowest BCUT2D eigenvalue weighted by molar-refractivity contribution is -0.139. The second-order valence-corrected chi connectivity index (χ2v) is 13.0. The number of hydrogen-bond donors (Lipinski definition) is 1. The van der Waals surface area contributed by atoms with Gasteiger partial charge in [-0.2, -0.15) is 0 Å². The van der Waals surface area contributed by atoms with E-state index in [0.29, 0.717) is 22.8 Å². The molecule has 0 aromatic heterocycles. The van der Waals surface area contributed by atoms with Gasteiger partial charge in [-0.1, -0.05) is 25.0 Å². The fourth-order valence-electron chi connectivity index (χ4n) is 5.55. The Labute approximate surface area is 276 Å². The number of rotatable bonds is 15. The summed E-state index contributed by atoms with van der Waals surface area (Å²) in [4.78, 5) is 29.2. The van der Waals surface area contributed by atoms with E-state index in [-0.39, 0.29) is 40.6 Å². The predicted octanol–water partition coefficient (Wildman–Crippen LogP) is 4.40. The first-order valence-corrected chi connectivity index (χ1v) is 16.7. The zero-order valence-corrected chi connectivity index (χ0v) is 28.5.